The van der Waals surface area contributed by atoms with E-state index in [4.69, 9.17) is 0 Å². The van der Waals surface area contributed by atoms with Gasteiger partial charge in [-0.05, 0) is 42.7 Å². The Bertz CT molecular complexity index is 929. The topological polar surface area (TPSA) is 59.1 Å². The highest BCUT2D eigenvalue weighted by atomic mass is 32.2. The molecule has 2 aromatic carbocycles. The number of nitrogens with one attached hydrogen (secondary N) is 1. The maximum atomic E-state index is 12.5. The minimum Gasteiger partial charge on any atom is -0.255 e. The second-order valence-corrected chi connectivity index (χ2v) is 8.15. The van der Waals surface area contributed by atoms with Crippen molar-refractivity contribution in [2.24, 2.45) is 0 Å². The third-order valence-corrected chi connectivity index (χ3v) is 6.03. The Balaban J connectivity index is 1.88. The summed E-state index contributed by atoms with van der Waals surface area (Å²) in [7, 11) is -3.61. The Kier molecular flexibility index (Phi) is 4.37. The highest BCUT2D eigenvalue weighted by Crippen LogP contribution is 2.29. The number of rotatable bonds is 5. The van der Waals surface area contributed by atoms with Crippen LogP contribution in [0.3, 0.4) is 0 Å². The van der Waals surface area contributed by atoms with Crippen molar-refractivity contribution in [1.82, 2.24) is 4.98 Å². The molecule has 23 heavy (non-hydrogen) atoms. The van der Waals surface area contributed by atoms with E-state index in [0.717, 1.165) is 34.2 Å². The van der Waals surface area contributed by atoms with Crippen LogP contribution >= 0.6 is 11.3 Å². The third kappa shape index (κ3) is 3.38. The Hall–Kier alpha value is -1.92. The van der Waals surface area contributed by atoms with E-state index in [9.17, 15) is 8.42 Å². The molecule has 0 unspecified atom stereocenters. The first-order valence-electron chi connectivity index (χ1n) is 7.47. The molecule has 0 amide bonds. The van der Waals surface area contributed by atoms with Crippen LogP contribution in [0.5, 0.6) is 0 Å². The monoisotopic (exact) mass is 346 g/mol. The lowest BCUT2D eigenvalue weighted by atomic mass is 10.1. The summed E-state index contributed by atoms with van der Waals surface area (Å²) in [6.07, 6.45) is 1.99. The van der Waals surface area contributed by atoms with Crippen LogP contribution in [0.15, 0.2) is 47.4 Å². The Morgan fingerprint density at radius 1 is 1.13 bits per heavy atom. The molecule has 120 valence electrons. The quantitative estimate of drug-likeness (QED) is 0.747. The van der Waals surface area contributed by atoms with Gasteiger partial charge in [0.15, 0.2) is 5.13 Å². The maximum absolute atomic E-state index is 12.5. The first-order chi connectivity index (χ1) is 11.0. The van der Waals surface area contributed by atoms with Gasteiger partial charge in [-0.2, -0.15) is 0 Å². The number of hydrogen-bond donors (Lipinski definition) is 1. The number of nitrogens with zero attached hydrogens (tertiary/aromatic N) is 1. The summed E-state index contributed by atoms with van der Waals surface area (Å²) in [5.41, 5.74) is 3.02. The van der Waals surface area contributed by atoms with E-state index in [1.807, 2.05) is 37.3 Å². The van der Waals surface area contributed by atoms with Gasteiger partial charge in [0.1, 0.15) is 0 Å². The van der Waals surface area contributed by atoms with E-state index in [1.165, 1.54) is 11.3 Å². The summed E-state index contributed by atoms with van der Waals surface area (Å²) in [6, 6.07) is 12.9. The number of thiazole rings is 1. The molecule has 6 heteroatoms. The number of para-hydroxylation sites is 1. The lowest BCUT2D eigenvalue weighted by Gasteiger charge is -2.06. The van der Waals surface area contributed by atoms with Gasteiger partial charge < -0.3 is 0 Å². The summed E-state index contributed by atoms with van der Waals surface area (Å²) in [4.78, 5) is 4.66. The van der Waals surface area contributed by atoms with Gasteiger partial charge in [-0.15, -0.1) is 0 Å². The predicted molar refractivity (Wildman–Crippen MR) is 95.6 cm³/mol. The van der Waals surface area contributed by atoms with E-state index in [1.54, 1.807) is 12.1 Å². The Labute approximate surface area is 140 Å². The lowest BCUT2D eigenvalue weighted by Crippen LogP contribution is -2.12. The highest BCUT2D eigenvalue weighted by molar-refractivity contribution is 7.93. The van der Waals surface area contributed by atoms with Crippen molar-refractivity contribution < 1.29 is 8.42 Å². The molecule has 0 aliphatic heterocycles. The first kappa shape index (κ1) is 16.0. The van der Waals surface area contributed by atoms with Crippen LogP contribution in [0.1, 0.15) is 24.5 Å². The van der Waals surface area contributed by atoms with Crippen LogP contribution in [-0.4, -0.2) is 13.4 Å². The van der Waals surface area contributed by atoms with Crippen LogP contribution < -0.4 is 4.72 Å². The standard InChI is InChI=1S/C17H18N2O2S2/c1-3-5-13-8-10-14(11-9-13)23(20,21)19-17-18-16-12(2)6-4-7-15(16)22-17/h4,6-11H,3,5H2,1-2H3,(H,18,19). The molecule has 0 radical (unpaired) electrons. The van der Waals surface area contributed by atoms with Gasteiger partial charge in [0.2, 0.25) is 0 Å². The minimum atomic E-state index is -3.61. The van der Waals surface area contributed by atoms with E-state index < -0.39 is 10.0 Å². The number of sulfonamides is 1. The molecular weight excluding hydrogens is 328 g/mol. The van der Waals surface area contributed by atoms with E-state index in [-0.39, 0.29) is 4.90 Å². The number of aryl methyl sites for hydroxylation is 2. The average molecular weight is 346 g/mol. The molecule has 1 aromatic heterocycles. The maximum Gasteiger partial charge on any atom is 0.263 e. The van der Waals surface area contributed by atoms with Crippen molar-refractivity contribution in [1.29, 1.82) is 0 Å². The number of anilines is 1. The normalized spacial score (nSPS) is 11.7. The fourth-order valence-electron chi connectivity index (χ4n) is 2.43. The smallest absolute Gasteiger partial charge is 0.255 e. The van der Waals surface area contributed by atoms with Crippen molar-refractivity contribution >= 4 is 36.7 Å². The summed E-state index contributed by atoms with van der Waals surface area (Å²) in [5.74, 6) is 0. The predicted octanol–water partition coefficient (Wildman–Crippen LogP) is 4.36. The molecular formula is C17H18N2O2S2. The number of aromatic nitrogens is 1. The molecule has 0 saturated carbocycles. The average Bonchev–Trinajstić information content (AvgIpc) is 2.91. The van der Waals surface area contributed by atoms with Gasteiger partial charge in [-0.25, -0.2) is 13.4 Å². The van der Waals surface area contributed by atoms with Crippen LogP contribution in [0.4, 0.5) is 5.13 Å². The fourth-order valence-corrected chi connectivity index (χ4v) is 4.61. The van der Waals surface area contributed by atoms with Gasteiger partial charge in [0.25, 0.3) is 10.0 Å². The highest BCUT2D eigenvalue weighted by Gasteiger charge is 2.16. The third-order valence-electron chi connectivity index (χ3n) is 3.61. The molecule has 1 N–H and O–H groups in total. The van der Waals surface area contributed by atoms with Gasteiger partial charge in [0.05, 0.1) is 15.1 Å². The zero-order valence-corrected chi connectivity index (χ0v) is 14.7. The van der Waals surface area contributed by atoms with Crippen molar-refractivity contribution in [3.05, 3.63) is 53.6 Å². The molecule has 0 aliphatic rings. The second-order valence-electron chi connectivity index (χ2n) is 5.44. The molecule has 0 aliphatic carbocycles. The Morgan fingerprint density at radius 2 is 1.87 bits per heavy atom. The molecule has 0 atom stereocenters. The molecule has 0 saturated heterocycles. The van der Waals surface area contributed by atoms with E-state index in [0.29, 0.717) is 5.13 Å². The van der Waals surface area contributed by atoms with Gasteiger partial charge in [0, 0.05) is 0 Å². The zero-order valence-electron chi connectivity index (χ0n) is 13.0. The van der Waals surface area contributed by atoms with E-state index in [2.05, 4.69) is 16.6 Å². The van der Waals surface area contributed by atoms with Crippen LogP contribution in [0.25, 0.3) is 10.2 Å². The summed E-state index contributed by atoms with van der Waals surface area (Å²) in [5, 5.41) is 0.395. The largest absolute Gasteiger partial charge is 0.263 e. The number of benzene rings is 2. The number of fused-ring (bicyclic) bond motifs is 1. The SMILES string of the molecule is CCCc1ccc(S(=O)(=O)Nc2nc3c(C)cccc3s2)cc1. The molecule has 3 rings (SSSR count). The van der Waals surface area contributed by atoms with Crippen molar-refractivity contribution in [2.75, 3.05) is 4.72 Å². The van der Waals surface area contributed by atoms with Crippen molar-refractivity contribution in [3.63, 3.8) is 0 Å². The van der Waals surface area contributed by atoms with Crippen LogP contribution in [0.2, 0.25) is 0 Å². The second kappa shape index (κ2) is 6.29. The molecule has 3 aromatic rings. The summed E-state index contributed by atoms with van der Waals surface area (Å²) < 4.78 is 28.5. The molecule has 0 fully saturated rings. The Morgan fingerprint density at radius 3 is 2.52 bits per heavy atom. The van der Waals surface area contributed by atoms with Crippen molar-refractivity contribution in [3.8, 4) is 0 Å². The summed E-state index contributed by atoms with van der Waals surface area (Å²) in [6.45, 7) is 4.06. The summed E-state index contributed by atoms with van der Waals surface area (Å²) >= 11 is 1.34. The van der Waals surface area contributed by atoms with Crippen molar-refractivity contribution in [2.45, 2.75) is 31.6 Å². The molecule has 0 bridgehead atoms. The zero-order chi connectivity index (χ0) is 16.4. The van der Waals surface area contributed by atoms with Crippen LogP contribution in [-0.2, 0) is 16.4 Å². The molecule has 1 heterocycles. The lowest BCUT2D eigenvalue weighted by molar-refractivity contribution is 0.601. The van der Waals surface area contributed by atoms with Crippen LogP contribution in [0, 0.1) is 6.92 Å². The van der Waals surface area contributed by atoms with Gasteiger partial charge >= 0.3 is 0 Å². The number of hydrogen-bond acceptors (Lipinski definition) is 4. The van der Waals surface area contributed by atoms with E-state index >= 15 is 0 Å². The molecule has 4 nitrogen and oxygen atoms in total. The fraction of sp³-hybridized carbons (Fsp3) is 0.235. The first-order valence-corrected chi connectivity index (χ1v) is 9.77. The molecule has 0 spiro atoms. The van der Waals surface area contributed by atoms with Gasteiger partial charge in [-0.3, -0.25) is 4.72 Å². The minimum absolute atomic E-state index is 0.258. The van der Waals surface area contributed by atoms with Gasteiger partial charge in [-0.1, -0.05) is 48.9 Å².